The molecule has 0 saturated carbocycles. The van der Waals surface area contributed by atoms with Crippen molar-refractivity contribution in [2.24, 2.45) is 5.92 Å². The highest BCUT2D eigenvalue weighted by molar-refractivity contribution is 4.67. The first-order valence-corrected chi connectivity index (χ1v) is 4.46. The Morgan fingerprint density at radius 1 is 1.45 bits per heavy atom. The molecule has 1 aliphatic heterocycles. The molecular formula is C9H18NO. The maximum atomic E-state index is 5.28. The lowest BCUT2D eigenvalue weighted by Gasteiger charge is -2.25. The highest BCUT2D eigenvalue weighted by atomic mass is 16.5. The van der Waals surface area contributed by atoms with Gasteiger partial charge in [-0.1, -0.05) is 6.92 Å². The van der Waals surface area contributed by atoms with Crippen LogP contribution in [-0.2, 0) is 4.74 Å². The molecule has 1 saturated heterocycles. The van der Waals surface area contributed by atoms with E-state index >= 15 is 0 Å². The smallest absolute Gasteiger partial charge is 0.0469 e. The Morgan fingerprint density at radius 3 is 2.64 bits per heavy atom. The molecule has 0 N–H and O–H groups in total. The van der Waals surface area contributed by atoms with Crippen molar-refractivity contribution in [2.75, 3.05) is 26.3 Å². The first-order chi connectivity index (χ1) is 5.33. The summed E-state index contributed by atoms with van der Waals surface area (Å²) in [6.45, 7) is 6.23. The highest BCUT2D eigenvalue weighted by Crippen LogP contribution is 2.15. The summed E-state index contributed by atoms with van der Waals surface area (Å²) < 4.78 is 5.28. The van der Waals surface area contributed by atoms with Gasteiger partial charge >= 0.3 is 0 Å². The monoisotopic (exact) mass is 156 g/mol. The molecule has 0 aromatic heterocycles. The van der Waals surface area contributed by atoms with Gasteiger partial charge in [0.05, 0.1) is 0 Å². The molecular weight excluding hydrogens is 138 g/mol. The van der Waals surface area contributed by atoms with Crippen molar-refractivity contribution >= 4 is 0 Å². The third-order valence-electron chi connectivity index (χ3n) is 2.30. The normalized spacial score (nSPS) is 21.0. The fourth-order valence-corrected chi connectivity index (χ4v) is 1.42. The van der Waals surface area contributed by atoms with Gasteiger partial charge in [0.25, 0.3) is 0 Å². The van der Waals surface area contributed by atoms with Crippen molar-refractivity contribution in [2.45, 2.75) is 19.8 Å². The van der Waals surface area contributed by atoms with E-state index in [9.17, 15) is 0 Å². The molecule has 1 heterocycles. The molecule has 0 amide bonds. The molecule has 0 unspecified atom stereocenters. The van der Waals surface area contributed by atoms with Gasteiger partial charge in [-0.15, -0.1) is 0 Å². The SMILES string of the molecule is [CH2]N(CC)CC1CCOCC1. The number of hydrogen-bond acceptors (Lipinski definition) is 2. The van der Waals surface area contributed by atoms with Crippen LogP contribution in [0.2, 0.25) is 0 Å². The van der Waals surface area contributed by atoms with E-state index in [-0.39, 0.29) is 0 Å². The van der Waals surface area contributed by atoms with Crippen molar-refractivity contribution in [3.63, 3.8) is 0 Å². The quantitative estimate of drug-likeness (QED) is 0.614. The van der Waals surface area contributed by atoms with Crippen LogP contribution in [0.3, 0.4) is 0 Å². The van der Waals surface area contributed by atoms with Crippen LogP contribution in [0.25, 0.3) is 0 Å². The molecule has 0 aromatic rings. The molecule has 1 fully saturated rings. The van der Waals surface area contributed by atoms with E-state index < -0.39 is 0 Å². The Kier molecular flexibility index (Phi) is 3.87. The minimum absolute atomic E-state index is 0.821. The lowest BCUT2D eigenvalue weighted by Crippen LogP contribution is -2.28. The second kappa shape index (κ2) is 4.73. The molecule has 1 rings (SSSR count). The zero-order valence-corrected chi connectivity index (χ0v) is 7.38. The summed E-state index contributed by atoms with van der Waals surface area (Å²) in [5.74, 6) is 0.821. The second-order valence-electron chi connectivity index (χ2n) is 3.23. The third kappa shape index (κ3) is 3.21. The van der Waals surface area contributed by atoms with Crippen LogP contribution in [0.4, 0.5) is 0 Å². The maximum Gasteiger partial charge on any atom is 0.0469 e. The summed E-state index contributed by atoms with van der Waals surface area (Å²) in [5, 5.41) is 0. The lowest BCUT2D eigenvalue weighted by molar-refractivity contribution is 0.0580. The summed E-state index contributed by atoms with van der Waals surface area (Å²) in [6, 6.07) is 0. The van der Waals surface area contributed by atoms with Gasteiger partial charge in [-0.05, 0) is 25.3 Å². The van der Waals surface area contributed by atoms with E-state index in [0.29, 0.717) is 0 Å². The van der Waals surface area contributed by atoms with Gasteiger partial charge < -0.3 is 9.64 Å². The van der Waals surface area contributed by atoms with Gasteiger partial charge in [0.2, 0.25) is 0 Å². The van der Waals surface area contributed by atoms with E-state index in [2.05, 4.69) is 18.9 Å². The van der Waals surface area contributed by atoms with Gasteiger partial charge in [-0.25, -0.2) is 0 Å². The molecule has 1 aliphatic rings. The maximum absolute atomic E-state index is 5.28. The van der Waals surface area contributed by atoms with Crippen LogP contribution in [0.15, 0.2) is 0 Å². The largest absolute Gasteiger partial charge is 0.381 e. The average molecular weight is 156 g/mol. The topological polar surface area (TPSA) is 12.5 Å². The minimum Gasteiger partial charge on any atom is -0.381 e. The van der Waals surface area contributed by atoms with Crippen molar-refractivity contribution in [3.05, 3.63) is 7.05 Å². The Labute approximate surface area is 69.5 Å². The van der Waals surface area contributed by atoms with E-state index in [1.54, 1.807) is 0 Å². The van der Waals surface area contributed by atoms with Crippen LogP contribution in [0.1, 0.15) is 19.8 Å². The summed E-state index contributed by atoms with van der Waals surface area (Å²) in [5.41, 5.74) is 0. The molecule has 0 aliphatic carbocycles. The summed E-state index contributed by atoms with van der Waals surface area (Å²) in [6.07, 6.45) is 2.43. The zero-order valence-electron chi connectivity index (χ0n) is 7.38. The van der Waals surface area contributed by atoms with Gasteiger partial charge in [0, 0.05) is 26.8 Å². The first kappa shape index (κ1) is 9.01. The zero-order chi connectivity index (χ0) is 8.10. The Balaban J connectivity index is 2.13. The predicted molar refractivity (Wildman–Crippen MR) is 46.1 cm³/mol. The standard InChI is InChI=1S/C9H18NO/c1-3-10(2)8-9-4-6-11-7-5-9/h9H,2-8H2,1H3. The molecule has 2 heteroatoms. The fraction of sp³-hybridized carbons (Fsp3) is 0.889. The molecule has 2 nitrogen and oxygen atoms in total. The average Bonchev–Trinajstić information content (AvgIpc) is 2.06. The summed E-state index contributed by atoms with van der Waals surface area (Å²) >= 11 is 0. The van der Waals surface area contributed by atoms with Crippen molar-refractivity contribution in [1.29, 1.82) is 0 Å². The number of ether oxygens (including phenoxy) is 1. The molecule has 1 radical (unpaired) electrons. The number of nitrogens with zero attached hydrogens (tertiary/aromatic N) is 1. The van der Waals surface area contributed by atoms with E-state index in [1.807, 2.05) is 0 Å². The van der Waals surface area contributed by atoms with Crippen LogP contribution < -0.4 is 0 Å². The minimum atomic E-state index is 0.821. The summed E-state index contributed by atoms with van der Waals surface area (Å²) in [7, 11) is 3.94. The molecule has 0 bridgehead atoms. The second-order valence-corrected chi connectivity index (χ2v) is 3.23. The lowest BCUT2D eigenvalue weighted by atomic mass is 10.00. The molecule has 65 valence electrons. The number of rotatable bonds is 3. The van der Waals surface area contributed by atoms with Crippen molar-refractivity contribution in [3.8, 4) is 0 Å². The van der Waals surface area contributed by atoms with Crippen LogP contribution in [-0.4, -0.2) is 31.2 Å². The summed E-state index contributed by atoms with van der Waals surface area (Å²) in [4.78, 5) is 2.13. The van der Waals surface area contributed by atoms with Crippen molar-refractivity contribution < 1.29 is 4.74 Å². The van der Waals surface area contributed by atoms with E-state index in [0.717, 1.165) is 32.2 Å². The third-order valence-corrected chi connectivity index (χ3v) is 2.30. The van der Waals surface area contributed by atoms with Crippen molar-refractivity contribution in [1.82, 2.24) is 4.90 Å². The van der Waals surface area contributed by atoms with Crippen LogP contribution in [0, 0.1) is 13.0 Å². The highest BCUT2D eigenvalue weighted by Gasteiger charge is 2.14. The fourth-order valence-electron chi connectivity index (χ4n) is 1.42. The first-order valence-electron chi connectivity index (χ1n) is 4.46. The predicted octanol–water partition coefficient (Wildman–Crippen LogP) is 1.53. The molecule has 0 spiro atoms. The van der Waals surface area contributed by atoms with E-state index in [4.69, 9.17) is 4.74 Å². The van der Waals surface area contributed by atoms with Crippen LogP contribution in [0.5, 0.6) is 0 Å². The van der Waals surface area contributed by atoms with Gasteiger partial charge in [0.1, 0.15) is 0 Å². The Morgan fingerprint density at radius 2 is 2.09 bits per heavy atom. The Hall–Kier alpha value is -0.0800. The van der Waals surface area contributed by atoms with Gasteiger partial charge in [-0.2, -0.15) is 0 Å². The molecule has 11 heavy (non-hydrogen) atoms. The van der Waals surface area contributed by atoms with Gasteiger partial charge in [0.15, 0.2) is 0 Å². The number of hydrogen-bond donors (Lipinski definition) is 0. The molecule has 0 atom stereocenters. The van der Waals surface area contributed by atoms with Crippen LogP contribution >= 0.6 is 0 Å². The Bertz CT molecular complexity index is 99.7. The molecule has 0 aromatic carbocycles. The van der Waals surface area contributed by atoms with Gasteiger partial charge in [-0.3, -0.25) is 0 Å². The van der Waals surface area contributed by atoms with E-state index in [1.165, 1.54) is 12.8 Å².